The lowest BCUT2D eigenvalue weighted by Gasteiger charge is -2.32. The molecule has 0 amide bonds. The van der Waals surface area contributed by atoms with Crippen molar-refractivity contribution in [1.82, 2.24) is 14.2 Å². The number of benzene rings is 1. The molecule has 6 nitrogen and oxygen atoms in total. The molecule has 31 heavy (non-hydrogen) atoms. The van der Waals surface area contributed by atoms with E-state index in [1.54, 1.807) is 0 Å². The molecule has 0 saturated carbocycles. The molecule has 1 aliphatic rings. The SMILES string of the molecule is Cc1cc(C(=O)CN2CCCC(CNS(C)(=O)=O)C2)c(C)n1CCc1ccc(Cl)cc1. The summed E-state index contributed by atoms with van der Waals surface area (Å²) in [4.78, 5) is 15.2. The van der Waals surface area contributed by atoms with Gasteiger partial charge < -0.3 is 4.57 Å². The van der Waals surface area contributed by atoms with Crippen LogP contribution >= 0.6 is 11.6 Å². The summed E-state index contributed by atoms with van der Waals surface area (Å²) < 4.78 is 27.5. The highest BCUT2D eigenvalue weighted by molar-refractivity contribution is 7.88. The van der Waals surface area contributed by atoms with Gasteiger partial charge in [0.15, 0.2) is 5.78 Å². The van der Waals surface area contributed by atoms with Crippen molar-refractivity contribution in [3.05, 3.63) is 57.9 Å². The quantitative estimate of drug-likeness (QED) is 0.576. The molecule has 1 aromatic heterocycles. The van der Waals surface area contributed by atoms with Crippen molar-refractivity contribution >= 4 is 27.4 Å². The fraction of sp³-hybridized carbons (Fsp3) is 0.522. The Labute approximate surface area is 190 Å². The summed E-state index contributed by atoms with van der Waals surface area (Å²) >= 11 is 5.97. The summed E-state index contributed by atoms with van der Waals surface area (Å²) in [6, 6.07) is 9.87. The molecule has 2 heterocycles. The molecule has 1 aromatic carbocycles. The molecule has 1 unspecified atom stereocenters. The predicted molar refractivity (Wildman–Crippen MR) is 125 cm³/mol. The van der Waals surface area contributed by atoms with Gasteiger partial charge in [0.05, 0.1) is 12.8 Å². The maximum absolute atomic E-state index is 13.1. The first-order valence-corrected chi connectivity index (χ1v) is 13.0. The fourth-order valence-corrected chi connectivity index (χ4v) is 5.00. The Bertz CT molecular complexity index is 1020. The number of carbonyl (C=O) groups is 1. The molecule has 170 valence electrons. The highest BCUT2D eigenvalue weighted by Gasteiger charge is 2.24. The Balaban J connectivity index is 1.60. The largest absolute Gasteiger partial charge is 0.348 e. The van der Waals surface area contributed by atoms with Gasteiger partial charge >= 0.3 is 0 Å². The number of piperidine rings is 1. The van der Waals surface area contributed by atoms with Crippen molar-refractivity contribution in [3.8, 4) is 0 Å². The molecular weight excluding hydrogens is 434 g/mol. The van der Waals surface area contributed by atoms with Gasteiger partial charge in [-0.25, -0.2) is 13.1 Å². The second-order valence-corrected chi connectivity index (χ2v) is 10.9. The van der Waals surface area contributed by atoms with Crippen molar-refractivity contribution in [2.45, 2.75) is 39.7 Å². The number of sulfonamides is 1. The van der Waals surface area contributed by atoms with Gasteiger partial charge in [0.2, 0.25) is 10.0 Å². The predicted octanol–water partition coefficient (Wildman–Crippen LogP) is 3.44. The van der Waals surface area contributed by atoms with E-state index in [1.807, 2.05) is 44.2 Å². The highest BCUT2D eigenvalue weighted by atomic mass is 35.5. The van der Waals surface area contributed by atoms with Crippen LogP contribution in [0.3, 0.4) is 0 Å². The van der Waals surface area contributed by atoms with Crippen LogP contribution in [0.2, 0.25) is 5.02 Å². The highest BCUT2D eigenvalue weighted by Crippen LogP contribution is 2.20. The number of nitrogens with one attached hydrogen (secondary N) is 1. The van der Waals surface area contributed by atoms with E-state index in [2.05, 4.69) is 14.2 Å². The third-order valence-electron chi connectivity index (χ3n) is 6.02. The summed E-state index contributed by atoms with van der Waals surface area (Å²) in [7, 11) is -3.19. The number of Topliss-reactive ketones (excluding diaryl/α,β-unsaturated/α-hetero) is 1. The van der Waals surface area contributed by atoms with Crippen LogP contribution in [-0.2, 0) is 23.0 Å². The van der Waals surface area contributed by atoms with Crippen LogP contribution < -0.4 is 4.72 Å². The van der Waals surface area contributed by atoms with Crippen LogP contribution in [-0.4, -0.2) is 56.1 Å². The van der Waals surface area contributed by atoms with Crippen molar-refractivity contribution < 1.29 is 13.2 Å². The molecule has 1 fully saturated rings. The van der Waals surface area contributed by atoms with Gasteiger partial charge in [-0.2, -0.15) is 0 Å². The van der Waals surface area contributed by atoms with Crippen LogP contribution in [0.1, 0.15) is 40.2 Å². The topological polar surface area (TPSA) is 71.4 Å². The zero-order valence-corrected chi connectivity index (χ0v) is 20.1. The van der Waals surface area contributed by atoms with E-state index < -0.39 is 10.0 Å². The summed E-state index contributed by atoms with van der Waals surface area (Å²) in [5, 5.41) is 0.733. The third kappa shape index (κ3) is 6.91. The van der Waals surface area contributed by atoms with Gasteiger partial charge in [0.1, 0.15) is 0 Å². The van der Waals surface area contributed by atoms with Crippen molar-refractivity contribution in [2.75, 3.05) is 32.4 Å². The van der Waals surface area contributed by atoms with Crippen LogP contribution in [0.5, 0.6) is 0 Å². The van der Waals surface area contributed by atoms with Crippen molar-refractivity contribution in [1.29, 1.82) is 0 Å². The lowest BCUT2D eigenvalue weighted by molar-refractivity contribution is 0.0887. The maximum atomic E-state index is 13.1. The first kappa shape index (κ1) is 24.0. The number of carbonyl (C=O) groups excluding carboxylic acids is 1. The molecular formula is C23H32ClN3O3S. The Morgan fingerprint density at radius 3 is 2.61 bits per heavy atom. The maximum Gasteiger partial charge on any atom is 0.208 e. The molecule has 1 aliphatic heterocycles. The number of aromatic nitrogens is 1. The lowest BCUT2D eigenvalue weighted by atomic mass is 9.98. The number of likely N-dealkylation sites (tertiary alicyclic amines) is 1. The standard InChI is InChI=1S/C23H32ClN3O3S/c1-17-13-22(18(2)27(17)12-10-19-6-8-21(24)9-7-19)23(28)16-26-11-4-5-20(15-26)14-25-31(3,29)30/h6-9,13,20,25H,4-5,10-12,14-16H2,1-3H3. The molecule has 0 radical (unpaired) electrons. The third-order valence-corrected chi connectivity index (χ3v) is 6.96. The monoisotopic (exact) mass is 465 g/mol. The van der Waals surface area contributed by atoms with Gasteiger partial charge in [0, 0.05) is 41.6 Å². The van der Waals surface area contributed by atoms with E-state index in [9.17, 15) is 13.2 Å². The average Bonchev–Trinajstić information content (AvgIpc) is 3.00. The Morgan fingerprint density at radius 2 is 1.94 bits per heavy atom. The summed E-state index contributed by atoms with van der Waals surface area (Å²) in [6.45, 7) is 7.28. The number of aryl methyl sites for hydroxylation is 2. The van der Waals surface area contributed by atoms with Crippen LogP contribution in [0, 0.1) is 19.8 Å². The van der Waals surface area contributed by atoms with Crippen molar-refractivity contribution in [2.24, 2.45) is 5.92 Å². The number of halogens is 1. The molecule has 1 N–H and O–H groups in total. The smallest absolute Gasteiger partial charge is 0.208 e. The van der Waals surface area contributed by atoms with E-state index in [-0.39, 0.29) is 11.7 Å². The van der Waals surface area contributed by atoms with Crippen LogP contribution in [0.25, 0.3) is 0 Å². The molecule has 8 heteroatoms. The van der Waals surface area contributed by atoms with Gasteiger partial charge in [-0.3, -0.25) is 9.69 Å². The van der Waals surface area contributed by atoms with Crippen molar-refractivity contribution in [3.63, 3.8) is 0 Å². The van der Waals surface area contributed by atoms with E-state index in [0.717, 1.165) is 60.9 Å². The average molecular weight is 466 g/mol. The fourth-order valence-electron chi connectivity index (χ4n) is 4.34. The molecule has 0 bridgehead atoms. The minimum absolute atomic E-state index is 0.127. The molecule has 0 aliphatic carbocycles. The first-order valence-electron chi connectivity index (χ1n) is 10.7. The zero-order chi connectivity index (χ0) is 22.6. The van der Waals surface area contributed by atoms with Gasteiger partial charge in [-0.05, 0) is 69.3 Å². The Hall–Kier alpha value is -1.67. The number of hydrogen-bond acceptors (Lipinski definition) is 4. The van der Waals surface area contributed by atoms with Gasteiger partial charge in [-0.1, -0.05) is 23.7 Å². The van der Waals surface area contributed by atoms with Crippen LogP contribution in [0.4, 0.5) is 0 Å². The van der Waals surface area contributed by atoms with E-state index in [0.29, 0.717) is 13.1 Å². The second kappa shape index (κ2) is 10.3. The van der Waals surface area contributed by atoms with E-state index in [4.69, 9.17) is 11.6 Å². The second-order valence-electron chi connectivity index (χ2n) is 8.60. The van der Waals surface area contributed by atoms with Gasteiger partial charge in [-0.15, -0.1) is 0 Å². The molecule has 3 rings (SSSR count). The minimum Gasteiger partial charge on any atom is -0.348 e. The normalized spacial score (nSPS) is 17.7. The summed E-state index contributed by atoms with van der Waals surface area (Å²) in [5.41, 5.74) is 4.09. The Morgan fingerprint density at radius 1 is 1.23 bits per heavy atom. The van der Waals surface area contributed by atoms with Crippen LogP contribution in [0.15, 0.2) is 30.3 Å². The minimum atomic E-state index is -3.19. The molecule has 0 spiro atoms. The molecule has 2 aromatic rings. The number of rotatable bonds is 9. The number of hydrogen-bond donors (Lipinski definition) is 1. The zero-order valence-electron chi connectivity index (χ0n) is 18.5. The number of nitrogens with zero attached hydrogens (tertiary/aromatic N) is 2. The summed E-state index contributed by atoms with van der Waals surface area (Å²) in [6.07, 6.45) is 4.01. The molecule has 1 atom stereocenters. The Kier molecular flexibility index (Phi) is 7.97. The summed E-state index contributed by atoms with van der Waals surface area (Å²) in [5.74, 6) is 0.366. The first-order chi connectivity index (χ1) is 14.6. The van der Waals surface area contributed by atoms with E-state index in [1.165, 1.54) is 11.8 Å². The lowest BCUT2D eigenvalue weighted by Crippen LogP contribution is -2.42. The van der Waals surface area contributed by atoms with Gasteiger partial charge in [0.25, 0.3) is 0 Å². The number of ketones is 1. The molecule has 1 saturated heterocycles. The van der Waals surface area contributed by atoms with E-state index >= 15 is 0 Å².